The van der Waals surface area contributed by atoms with Crippen LogP contribution >= 0.6 is 11.6 Å². The highest BCUT2D eigenvalue weighted by Gasteiger charge is 2.21. The van der Waals surface area contributed by atoms with Crippen LogP contribution in [0.5, 0.6) is 0 Å². The summed E-state index contributed by atoms with van der Waals surface area (Å²) in [5, 5.41) is 24.3. The minimum absolute atomic E-state index is 0.411. The van der Waals surface area contributed by atoms with Crippen molar-refractivity contribution < 1.29 is 10.0 Å². The van der Waals surface area contributed by atoms with Crippen LogP contribution in [-0.2, 0) is 0 Å². The molecule has 10 aromatic carbocycles. The zero-order chi connectivity index (χ0) is 63.9. The molecule has 6 aromatic heterocycles. The third kappa shape index (κ3) is 12.8. The van der Waals surface area contributed by atoms with Crippen molar-refractivity contribution in [2.45, 2.75) is 13.8 Å². The molecule has 0 saturated heterocycles. The second kappa shape index (κ2) is 27.0. The fraction of sp³-hybridized carbons (Fsp3) is 0.0244. The van der Waals surface area contributed by atoms with E-state index in [1.165, 1.54) is 16.7 Å². The third-order valence-corrected chi connectivity index (χ3v) is 16.5. The Morgan fingerprint density at radius 3 is 1.07 bits per heavy atom. The number of halogens is 1. The fourth-order valence-electron chi connectivity index (χ4n) is 11.8. The number of hydrogen-bond acceptors (Lipinski definition) is 10. The zero-order valence-electron chi connectivity index (χ0n) is 51.3. The first kappa shape index (κ1) is 59.9. The molecule has 0 amide bonds. The molecular weight excluding hydrogens is 1180 g/mol. The van der Waals surface area contributed by atoms with Crippen molar-refractivity contribution in [1.29, 1.82) is 0 Å². The lowest BCUT2D eigenvalue weighted by molar-refractivity contribution is 0.426. The van der Waals surface area contributed by atoms with Crippen LogP contribution < -0.4 is 5.46 Å². The molecule has 10 nitrogen and oxygen atoms in total. The summed E-state index contributed by atoms with van der Waals surface area (Å²) in [5.74, 6) is 1.28. The number of aromatic nitrogens is 8. The Labute approximate surface area is 549 Å². The normalized spacial score (nSPS) is 11.0. The number of hydrogen-bond donors (Lipinski definition) is 2. The predicted molar refractivity (Wildman–Crippen MR) is 385 cm³/mol. The summed E-state index contributed by atoms with van der Waals surface area (Å²) in [6.07, 6.45) is 0. The van der Waals surface area contributed by atoms with Crippen LogP contribution in [0.4, 0.5) is 0 Å². The Balaban J connectivity index is 0.000000132. The highest BCUT2D eigenvalue weighted by Crippen LogP contribution is 2.38. The van der Waals surface area contributed by atoms with E-state index in [9.17, 15) is 10.0 Å². The van der Waals surface area contributed by atoms with E-state index in [0.717, 1.165) is 117 Å². The Morgan fingerprint density at radius 2 is 0.617 bits per heavy atom. The Hall–Kier alpha value is -11.7. The minimum atomic E-state index is -1.57. The molecule has 0 saturated carbocycles. The highest BCUT2D eigenvalue weighted by molar-refractivity contribution is 6.60. The highest BCUT2D eigenvalue weighted by atomic mass is 35.5. The van der Waals surface area contributed by atoms with Gasteiger partial charge in [0.15, 0.2) is 11.6 Å². The zero-order valence-corrected chi connectivity index (χ0v) is 52.1. The molecule has 0 aliphatic carbocycles. The van der Waals surface area contributed by atoms with Gasteiger partial charge < -0.3 is 10.0 Å². The van der Waals surface area contributed by atoms with E-state index < -0.39 is 7.12 Å². The SMILES string of the molecule is Cc1cc(-c2ccccc2)c2ccc3ccc(-c4ccccc4-c4cc(-c5ccccc5)nc(-c5ccccc5)n4)nc3c2n1.Cc1cc(-c2ccccc2)c2ccc3ccc(Cl)nc3c2n1.OB(O)c1ccccc1-c1cc(-c2ccccc2)nc(-c2ccccc2)n1. The van der Waals surface area contributed by atoms with Crippen molar-refractivity contribution in [1.82, 2.24) is 39.9 Å². The fourth-order valence-corrected chi connectivity index (χ4v) is 12.0. The lowest BCUT2D eigenvalue weighted by Gasteiger charge is -2.14. The lowest BCUT2D eigenvalue weighted by atomic mass is 9.76. The molecule has 2 N–H and O–H groups in total. The van der Waals surface area contributed by atoms with E-state index in [-0.39, 0.29) is 0 Å². The number of pyridine rings is 4. The van der Waals surface area contributed by atoms with Gasteiger partial charge in [-0.3, -0.25) is 9.97 Å². The standard InChI is InChI=1S/C41H28N4.C22H17BN2O2.C19H13ClN2/c1-27-25-35(28-13-5-2-6-14-28)34-23-21-30-22-24-36(43-39(30)40(34)42-27)32-19-11-12-20-33(32)38-26-37(29-15-7-3-8-16-29)44-41(45-38)31-17-9-4-10-18-31;26-23(27)19-14-8-7-13-18(19)21-15-20(16-9-3-1-4-10-16)24-22(25-21)17-11-5-2-6-12-17;1-12-11-16(13-5-3-2-4-6-13)15-9-7-14-8-10-17(20)22-18(14)19(15)21-12/h2-26H,1H3;1-15,26-27H;2-11H,1H3. The van der Waals surface area contributed by atoms with Crippen molar-refractivity contribution in [3.8, 4) is 101 Å². The summed E-state index contributed by atoms with van der Waals surface area (Å²) < 4.78 is 0. The molecule has 0 spiro atoms. The van der Waals surface area contributed by atoms with Gasteiger partial charge in [0.2, 0.25) is 0 Å². The number of nitrogens with zero attached hydrogens (tertiary/aromatic N) is 8. The van der Waals surface area contributed by atoms with Crippen LogP contribution in [-0.4, -0.2) is 57.0 Å². The van der Waals surface area contributed by atoms with Gasteiger partial charge in [-0.15, -0.1) is 0 Å². The van der Waals surface area contributed by atoms with Crippen LogP contribution in [0.1, 0.15) is 11.4 Å². The molecular formula is C82H58BClN8O2. The molecule has 448 valence electrons. The van der Waals surface area contributed by atoms with E-state index in [1.807, 2.05) is 166 Å². The minimum Gasteiger partial charge on any atom is -0.423 e. The van der Waals surface area contributed by atoms with Gasteiger partial charge in [0.05, 0.1) is 50.5 Å². The lowest BCUT2D eigenvalue weighted by Crippen LogP contribution is -2.31. The summed E-state index contributed by atoms with van der Waals surface area (Å²) in [7, 11) is -1.57. The first-order valence-corrected chi connectivity index (χ1v) is 31.3. The van der Waals surface area contributed by atoms with Crippen molar-refractivity contribution >= 4 is 67.8 Å². The molecule has 0 radical (unpaired) electrons. The van der Waals surface area contributed by atoms with Gasteiger partial charge in [0, 0.05) is 71.9 Å². The molecule has 0 atom stereocenters. The smallest absolute Gasteiger partial charge is 0.423 e. The van der Waals surface area contributed by atoms with Crippen molar-refractivity contribution in [3.63, 3.8) is 0 Å². The van der Waals surface area contributed by atoms with E-state index in [4.69, 9.17) is 46.5 Å². The first-order chi connectivity index (χ1) is 46.1. The summed E-state index contributed by atoms with van der Waals surface area (Å²) in [5.41, 5.74) is 21.2. The summed E-state index contributed by atoms with van der Waals surface area (Å²) in [6, 6.07) is 101. The number of benzene rings is 10. The molecule has 16 aromatic rings. The molecule has 0 aliphatic rings. The largest absolute Gasteiger partial charge is 0.489 e. The van der Waals surface area contributed by atoms with Gasteiger partial charge in [-0.25, -0.2) is 29.9 Å². The monoisotopic (exact) mass is 1230 g/mol. The van der Waals surface area contributed by atoms with Crippen molar-refractivity contribution in [2.75, 3.05) is 0 Å². The Morgan fingerprint density at radius 1 is 0.266 bits per heavy atom. The maximum absolute atomic E-state index is 9.75. The second-order valence-electron chi connectivity index (χ2n) is 22.6. The van der Waals surface area contributed by atoms with Gasteiger partial charge in [-0.05, 0) is 84.0 Å². The second-order valence-corrected chi connectivity index (χ2v) is 23.0. The van der Waals surface area contributed by atoms with Crippen LogP contribution in [0.3, 0.4) is 0 Å². The number of aryl methyl sites for hydroxylation is 2. The molecule has 0 fully saturated rings. The van der Waals surface area contributed by atoms with Crippen LogP contribution in [0.15, 0.2) is 303 Å². The number of rotatable bonds is 10. The van der Waals surface area contributed by atoms with Gasteiger partial charge in [0.25, 0.3) is 0 Å². The van der Waals surface area contributed by atoms with E-state index in [1.54, 1.807) is 12.1 Å². The van der Waals surface area contributed by atoms with Crippen LogP contribution in [0.2, 0.25) is 5.15 Å². The van der Waals surface area contributed by atoms with Gasteiger partial charge in [-0.2, -0.15) is 0 Å². The molecule has 0 unspecified atom stereocenters. The average molecular weight is 1230 g/mol. The summed E-state index contributed by atoms with van der Waals surface area (Å²) >= 11 is 6.08. The molecule has 6 heterocycles. The molecule has 94 heavy (non-hydrogen) atoms. The van der Waals surface area contributed by atoms with E-state index in [2.05, 4.69) is 145 Å². The van der Waals surface area contributed by atoms with Crippen LogP contribution in [0.25, 0.3) is 145 Å². The third-order valence-electron chi connectivity index (χ3n) is 16.3. The molecule has 16 rings (SSSR count). The summed E-state index contributed by atoms with van der Waals surface area (Å²) in [4.78, 5) is 39.0. The quantitative estimate of drug-likeness (QED) is 0.0771. The van der Waals surface area contributed by atoms with Gasteiger partial charge >= 0.3 is 7.12 Å². The molecule has 0 aliphatic heterocycles. The van der Waals surface area contributed by atoms with E-state index in [0.29, 0.717) is 33.5 Å². The summed E-state index contributed by atoms with van der Waals surface area (Å²) in [6.45, 7) is 4.06. The Bertz CT molecular complexity index is 5270. The van der Waals surface area contributed by atoms with Crippen LogP contribution in [0, 0.1) is 13.8 Å². The van der Waals surface area contributed by atoms with Gasteiger partial charge in [0.1, 0.15) is 5.15 Å². The molecule has 12 heteroatoms. The molecule has 0 bridgehead atoms. The Kier molecular flexibility index (Phi) is 17.2. The van der Waals surface area contributed by atoms with Crippen molar-refractivity contribution in [2.24, 2.45) is 0 Å². The van der Waals surface area contributed by atoms with Gasteiger partial charge in [-0.1, -0.05) is 272 Å². The predicted octanol–water partition coefficient (Wildman–Crippen LogP) is 18.8. The maximum atomic E-state index is 9.75. The van der Waals surface area contributed by atoms with Crippen molar-refractivity contribution in [3.05, 3.63) is 320 Å². The first-order valence-electron chi connectivity index (χ1n) is 30.9. The average Bonchev–Trinajstić information content (AvgIpc) is 0.775. The topological polar surface area (TPSA) is 144 Å². The maximum Gasteiger partial charge on any atom is 0.489 e. The number of fused-ring (bicyclic) bond motifs is 6. The van der Waals surface area contributed by atoms with E-state index >= 15 is 0 Å².